The first-order chi connectivity index (χ1) is 8.93. The predicted molar refractivity (Wildman–Crippen MR) is 76.7 cm³/mol. The Morgan fingerprint density at radius 2 is 2.11 bits per heavy atom. The van der Waals surface area contributed by atoms with Gasteiger partial charge in [0.25, 0.3) is 5.91 Å². The Hall–Kier alpha value is -1.43. The van der Waals surface area contributed by atoms with Crippen LogP contribution < -0.4 is 10.6 Å². The van der Waals surface area contributed by atoms with Crippen molar-refractivity contribution in [1.82, 2.24) is 15.6 Å². The zero-order chi connectivity index (χ0) is 14.4. The monoisotopic (exact) mass is 327 g/mol. The van der Waals surface area contributed by atoms with Crippen molar-refractivity contribution < 1.29 is 9.59 Å². The van der Waals surface area contributed by atoms with Crippen LogP contribution in [0.15, 0.2) is 22.9 Å². The molecule has 1 heterocycles. The number of likely N-dealkylation sites (N-methyl/N-ethyl adjacent to an activating group) is 1. The zero-order valence-corrected chi connectivity index (χ0v) is 12.8. The third-order valence-corrected chi connectivity index (χ3v) is 3.00. The number of hydrogen-bond acceptors (Lipinski definition) is 3. The second-order valence-electron chi connectivity index (χ2n) is 4.64. The molecule has 0 radical (unpaired) electrons. The van der Waals surface area contributed by atoms with Gasteiger partial charge in [-0.3, -0.25) is 9.59 Å². The molecule has 0 aliphatic rings. The lowest BCUT2D eigenvalue weighted by atomic mass is 10.0. The van der Waals surface area contributed by atoms with Gasteiger partial charge in [0, 0.05) is 18.8 Å². The van der Waals surface area contributed by atoms with Gasteiger partial charge in [0.15, 0.2) is 0 Å². The van der Waals surface area contributed by atoms with E-state index in [1.165, 1.54) is 6.20 Å². The molecule has 2 amide bonds. The Morgan fingerprint density at radius 3 is 2.63 bits per heavy atom. The molecule has 0 aliphatic carbocycles. The molecule has 1 rings (SSSR count). The zero-order valence-electron chi connectivity index (χ0n) is 11.2. The molecule has 0 aromatic carbocycles. The lowest BCUT2D eigenvalue weighted by molar-refractivity contribution is -0.122. The number of carbonyl (C=O) groups is 2. The molecular formula is C13H18BrN3O2. The van der Waals surface area contributed by atoms with Crippen molar-refractivity contribution in [3.8, 4) is 0 Å². The minimum Gasteiger partial charge on any atom is -0.357 e. The van der Waals surface area contributed by atoms with Crippen LogP contribution in [0.4, 0.5) is 0 Å². The van der Waals surface area contributed by atoms with E-state index in [-0.39, 0.29) is 11.8 Å². The normalized spacial score (nSPS) is 12.1. The molecule has 1 aromatic rings. The van der Waals surface area contributed by atoms with E-state index >= 15 is 0 Å². The Kier molecular flexibility index (Phi) is 5.95. The second-order valence-corrected chi connectivity index (χ2v) is 5.45. The summed E-state index contributed by atoms with van der Waals surface area (Å²) in [4.78, 5) is 27.8. The van der Waals surface area contributed by atoms with E-state index in [1.807, 2.05) is 13.8 Å². The molecule has 6 heteroatoms. The van der Waals surface area contributed by atoms with E-state index < -0.39 is 6.04 Å². The van der Waals surface area contributed by atoms with Crippen LogP contribution in [0.5, 0.6) is 0 Å². The van der Waals surface area contributed by atoms with E-state index in [0.717, 1.165) is 0 Å². The third kappa shape index (κ3) is 4.98. The molecule has 104 valence electrons. The van der Waals surface area contributed by atoms with Crippen LogP contribution in [0.25, 0.3) is 0 Å². The number of carbonyl (C=O) groups excluding carboxylic acids is 2. The number of nitrogens with zero attached hydrogens (tertiary/aromatic N) is 1. The van der Waals surface area contributed by atoms with E-state index in [9.17, 15) is 9.59 Å². The molecule has 5 nitrogen and oxygen atoms in total. The standard InChI is InChI=1S/C13H18BrN3O2/c1-8(2)6-10(13(19)15-3)17-12(18)9-4-5-16-11(14)7-9/h4-5,7-8,10H,6H2,1-3H3,(H,15,19)(H,17,18). The molecule has 0 spiro atoms. The van der Waals surface area contributed by atoms with Crippen molar-refractivity contribution in [2.75, 3.05) is 7.05 Å². The number of nitrogens with one attached hydrogen (secondary N) is 2. The average Bonchev–Trinajstić information content (AvgIpc) is 2.36. The maximum absolute atomic E-state index is 12.1. The molecule has 1 atom stereocenters. The van der Waals surface area contributed by atoms with Gasteiger partial charge in [-0.2, -0.15) is 0 Å². The highest BCUT2D eigenvalue weighted by atomic mass is 79.9. The van der Waals surface area contributed by atoms with Crippen LogP contribution in [-0.4, -0.2) is 29.9 Å². The quantitative estimate of drug-likeness (QED) is 0.809. The molecule has 0 saturated carbocycles. The summed E-state index contributed by atoms with van der Waals surface area (Å²) in [5.41, 5.74) is 0.472. The lowest BCUT2D eigenvalue weighted by Gasteiger charge is -2.19. The topological polar surface area (TPSA) is 71.1 Å². The SMILES string of the molecule is CNC(=O)C(CC(C)C)NC(=O)c1ccnc(Br)c1. The largest absolute Gasteiger partial charge is 0.357 e. The summed E-state index contributed by atoms with van der Waals surface area (Å²) >= 11 is 3.21. The summed E-state index contributed by atoms with van der Waals surface area (Å²) in [5.74, 6) is -0.153. The van der Waals surface area contributed by atoms with Crippen molar-refractivity contribution >= 4 is 27.7 Å². The van der Waals surface area contributed by atoms with Gasteiger partial charge in [-0.1, -0.05) is 13.8 Å². The Balaban J connectivity index is 2.78. The van der Waals surface area contributed by atoms with Crippen LogP contribution in [0.2, 0.25) is 0 Å². The average molecular weight is 328 g/mol. The minimum atomic E-state index is -0.524. The maximum Gasteiger partial charge on any atom is 0.252 e. The fraction of sp³-hybridized carbons (Fsp3) is 0.462. The number of halogens is 1. The highest BCUT2D eigenvalue weighted by Crippen LogP contribution is 2.10. The van der Waals surface area contributed by atoms with E-state index in [2.05, 4.69) is 31.5 Å². The summed E-state index contributed by atoms with van der Waals surface area (Å²) < 4.78 is 0.584. The predicted octanol–water partition coefficient (Wildman–Crippen LogP) is 1.73. The van der Waals surface area contributed by atoms with Crippen molar-refractivity contribution in [2.24, 2.45) is 5.92 Å². The summed E-state index contributed by atoms with van der Waals surface area (Å²) in [5, 5.41) is 5.31. The highest BCUT2D eigenvalue weighted by Gasteiger charge is 2.21. The van der Waals surface area contributed by atoms with Crippen molar-refractivity contribution in [1.29, 1.82) is 0 Å². The number of hydrogen-bond donors (Lipinski definition) is 2. The van der Waals surface area contributed by atoms with Crippen LogP contribution in [0, 0.1) is 5.92 Å². The summed E-state index contributed by atoms with van der Waals surface area (Å²) in [6.07, 6.45) is 2.13. The maximum atomic E-state index is 12.1. The van der Waals surface area contributed by atoms with Gasteiger partial charge < -0.3 is 10.6 Å². The third-order valence-electron chi connectivity index (χ3n) is 2.56. The molecule has 1 aromatic heterocycles. The summed E-state index contributed by atoms with van der Waals surface area (Å²) in [6, 6.07) is 2.70. The molecule has 0 aliphatic heterocycles. The Bertz CT molecular complexity index is 463. The van der Waals surface area contributed by atoms with Crippen LogP contribution in [-0.2, 0) is 4.79 Å². The minimum absolute atomic E-state index is 0.185. The first-order valence-electron chi connectivity index (χ1n) is 6.08. The van der Waals surface area contributed by atoms with Crippen molar-refractivity contribution in [2.45, 2.75) is 26.3 Å². The molecule has 0 bridgehead atoms. The van der Waals surface area contributed by atoms with Gasteiger partial charge in [0.2, 0.25) is 5.91 Å². The molecule has 0 saturated heterocycles. The van der Waals surface area contributed by atoms with E-state index in [4.69, 9.17) is 0 Å². The molecule has 0 fully saturated rings. The van der Waals surface area contributed by atoms with Gasteiger partial charge in [-0.15, -0.1) is 0 Å². The summed E-state index contributed by atoms with van der Waals surface area (Å²) in [7, 11) is 1.56. The number of aromatic nitrogens is 1. The Labute approximate surface area is 121 Å². The van der Waals surface area contributed by atoms with Crippen LogP contribution in [0.1, 0.15) is 30.6 Å². The molecule has 19 heavy (non-hydrogen) atoms. The van der Waals surface area contributed by atoms with Crippen LogP contribution >= 0.6 is 15.9 Å². The fourth-order valence-corrected chi connectivity index (χ4v) is 2.03. The summed E-state index contributed by atoms with van der Waals surface area (Å²) in [6.45, 7) is 4.01. The van der Waals surface area contributed by atoms with Gasteiger partial charge in [0.1, 0.15) is 10.6 Å². The molecular weight excluding hydrogens is 310 g/mol. The van der Waals surface area contributed by atoms with Gasteiger partial charge in [-0.25, -0.2) is 4.98 Å². The van der Waals surface area contributed by atoms with E-state index in [0.29, 0.717) is 22.5 Å². The first kappa shape index (κ1) is 15.6. The van der Waals surface area contributed by atoms with E-state index in [1.54, 1.807) is 19.2 Å². The van der Waals surface area contributed by atoms with Crippen LogP contribution in [0.3, 0.4) is 0 Å². The second kappa shape index (κ2) is 7.23. The number of pyridine rings is 1. The van der Waals surface area contributed by atoms with Crippen molar-refractivity contribution in [3.63, 3.8) is 0 Å². The van der Waals surface area contributed by atoms with Gasteiger partial charge in [0.05, 0.1) is 0 Å². The van der Waals surface area contributed by atoms with Crippen molar-refractivity contribution in [3.05, 3.63) is 28.5 Å². The molecule has 1 unspecified atom stereocenters. The smallest absolute Gasteiger partial charge is 0.252 e. The number of amides is 2. The first-order valence-corrected chi connectivity index (χ1v) is 6.87. The lowest BCUT2D eigenvalue weighted by Crippen LogP contribution is -2.46. The highest BCUT2D eigenvalue weighted by molar-refractivity contribution is 9.10. The van der Waals surface area contributed by atoms with Gasteiger partial charge >= 0.3 is 0 Å². The molecule has 2 N–H and O–H groups in total. The van der Waals surface area contributed by atoms with Gasteiger partial charge in [-0.05, 0) is 40.4 Å². The number of rotatable bonds is 5. The Morgan fingerprint density at radius 1 is 1.42 bits per heavy atom. The fourth-order valence-electron chi connectivity index (χ4n) is 1.66.